The first kappa shape index (κ1) is 82.6. The number of aromatic amines is 1. The molecule has 1 aliphatic heterocycles. The number of carbonyl (C=O) groups is 11. The molecule has 28 nitrogen and oxygen atoms in total. The van der Waals surface area contributed by atoms with Gasteiger partial charge < -0.3 is 66.1 Å². The lowest BCUT2D eigenvalue weighted by Gasteiger charge is -2.40. The number of benzene rings is 2. The number of nitrogens with zero attached hydrogens (tertiary/aromatic N) is 7. The van der Waals surface area contributed by atoms with E-state index in [0.717, 1.165) is 4.90 Å². The maximum atomic E-state index is 15.3. The van der Waals surface area contributed by atoms with E-state index in [1.165, 1.54) is 98.8 Å². The van der Waals surface area contributed by atoms with E-state index in [9.17, 15) is 51.6 Å². The molecule has 2 heterocycles. The topological polar surface area (TPSA) is 371 Å². The number of hydrogen-bond acceptors (Lipinski definition) is 15. The number of aliphatic hydroxyl groups is 1. The number of H-pyrrole nitrogens is 1. The van der Waals surface area contributed by atoms with E-state index in [1.807, 2.05) is 55.4 Å². The Kier molecular flexibility index (Phi) is 29.8. The van der Waals surface area contributed by atoms with Gasteiger partial charge in [-0.15, -0.1) is 0 Å². The lowest BCUT2D eigenvalue weighted by Crippen LogP contribution is -2.63. The summed E-state index contributed by atoms with van der Waals surface area (Å²) in [6.07, 6.45) is -1.49. The molecule has 0 radical (unpaired) electrons. The lowest BCUT2D eigenvalue weighted by molar-refractivity contribution is -0.154. The number of rotatable bonds is 16. The Morgan fingerprint density at radius 3 is 1.50 bits per heavy atom. The molecule has 1 aromatic heterocycles. The maximum Gasteiger partial charge on any atom is 0.295 e. The smallest absolute Gasteiger partial charge is 0.295 e. The molecule has 0 saturated carbocycles. The third-order valence-corrected chi connectivity index (χ3v) is 19.1. The Bertz CT molecular complexity index is 3480. The number of carbonyl (C=O) groups excluding carboxylic acids is 11. The van der Waals surface area contributed by atoms with Gasteiger partial charge in [0.25, 0.3) is 10.1 Å². The normalized spacial score (nSPS) is 25.0. The van der Waals surface area contributed by atoms with Crippen molar-refractivity contribution in [1.29, 1.82) is 0 Å². The predicted octanol–water partition coefficient (Wildman–Crippen LogP) is 3.48. The molecular weight excluding hydrogens is 1280 g/mol. The highest BCUT2D eigenvalue weighted by atomic mass is 32.2. The van der Waals surface area contributed by atoms with Crippen LogP contribution in [-0.2, 0) is 69.3 Å². The SMILES string of the molecule is CC[C@@H]1NC(=O)[C@H]([C@H](O)[C@H](C)Cc2nc3c(ccc4c(S(=O)(=O)O)cccc43)[nH]2)NC(=O)[C@H](C(C)C)N(C)C(=O)[C@H](CC(C)C)N(C)C(=O)[C@H](CC(C)C)N(C)C(=O)[C@@H](C)NC(=O)[C@H](C)NC(=O)[C@H](CC(C)C)N(C)C(=O)[C@H](C(C)C)NC(=O)[C@H](CC(C)C)N(C)C(=O)CN(C)C1=O. The molecule has 2 aromatic carbocycles. The van der Waals surface area contributed by atoms with Gasteiger partial charge >= 0.3 is 0 Å². The average molecular weight is 1390 g/mol. The monoisotopic (exact) mass is 1390 g/mol. The summed E-state index contributed by atoms with van der Waals surface area (Å²) in [6, 6.07) is -5.78. The number of likely N-dealkylation sites (N-methyl/N-ethyl adjacent to an activating group) is 6. The number of amides is 11. The summed E-state index contributed by atoms with van der Waals surface area (Å²) in [5.41, 5.74) is 0.801. The van der Waals surface area contributed by atoms with Crippen molar-refractivity contribution in [3.8, 4) is 0 Å². The van der Waals surface area contributed by atoms with Gasteiger partial charge in [0, 0.05) is 59.5 Å². The fraction of sp³-hybridized carbons (Fsp3) is 0.681. The van der Waals surface area contributed by atoms with Crippen molar-refractivity contribution in [1.82, 2.24) is 66.0 Å². The van der Waals surface area contributed by atoms with Crippen LogP contribution in [0.3, 0.4) is 0 Å². The van der Waals surface area contributed by atoms with Gasteiger partial charge in [-0.05, 0) is 99.5 Å². The lowest BCUT2D eigenvalue weighted by atomic mass is 9.92. The Labute approximate surface area is 578 Å². The zero-order valence-corrected chi connectivity index (χ0v) is 62.3. The van der Waals surface area contributed by atoms with Crippen molar-refractivity contribution in [2.75, 3.05) is 48.8 Å². The molecule has 0 spiro atoms. The second-order valence-corrected chi connectivity index (χ2v) is 30.4. The number of imidazole rings is 1. The van der Waals surface area contributed by atoms with Crippen LogP contribution in [0.4, 0.5) is 0 Å². The fourth-order valence-electron chi connectivity index (χ4n) is 12.5. The molecule has 12 atom stereocenters. The van der Waals surface area contributed by atoms with Gasteiger partial charge in [-0.1, -0.05) is 115 Å². The van der Waals surface area contributed by atoms with Crippen molar-refractivity contribution < 1.29 is 70.8 Å². The van der Waals surface area contributed by atoms with Crippen LogP contribution in [0.2, 0.25) is 0 Å². The van der Waals surface area contributed by atoms with Crippen LogP contribution in [0.25, 0.3) is 21.8 Å². The Morgan fingerprint density at radius 2 is 0.990 bits per heavy atom. The number of fused-ring (bicyclic) bond motifs is 3. The minimum absolute atomic E-state index is 0.0704. The van der Waals surface area contributed by atoms with Gasteiger partial charge in [0.2, 0.25) is 65.0 Å². The van der Waals surface area contributed by atoms with Gasteiger partial charge in [-0.2, -0.15) is 8.42 Å². The first-order chi connectivity index (χ1) is 45.4. The van der Waals surface area contributed by atoms with Crippen LogP contribution >= 0.6 is 0 Å². The highest BCUT2D eigenvalue weighted by Crippen LogP contribution is 2.30. The number of hydrogen-bond donors (Lipinski definition) is 8. The molecule has 0 unspecified atom stereocenters. The summed E-state index contributed by atoms with van der Waals surface area (Å²) >= 11 is 0. The van der Waals surface area contributed by atoms with E-state index < -0.39 is 166 Å². The third-order valence-electron chi connectivity index (χ3n) is 18.2. The summed E-state index contributed by atoms with van der Waals surface area (Å²) < 4.78 is 34.7. The summed E-state index contributed by atoms with van der Waals surface area (Å²) in [5.74, 6) is -10.9. The number of aromatic nitrogens is 2. The molecule has 1 aliphatic rings. The molecule has 0 bridgehead atoms. The largest absolute Gasteiger partial charge is 0.390 e. The third kappa shape index (κ3) is 20.9. The minimum Gasteiger partial charge on any atom is -0.390 e. The van der Waals surface area contributed by atoms with Crippen LogP contribution in [-0.4, -0.2) is 238 Å². The van der Waals surface area contributed by atoms with Gasteiger partial charge in [-0.3, -0.25) is 57.3 Å². The number of nitrogens with one attached hydrogen (secondary N) is 6. The molecule has 1 fully saturated rings. The Balaban J connectivity index is 1.91. The van der Waals surface area contributed by atoms with Crippen LogP contribution in [0.5, 0.6) is 0 Å². The molecule has 3 aromatic rings. The molecule has 4 rings (SSSR count). The Morgan fingerprint density at radius 1 is 0.510 bits per heavy atom. The molecule has 11 amide bonds. The molecule has 548 valence electrons. The van der Waals surface area contributed by atoms with E-state index in [2.05, 4.69) is 31.6 Å². The predicted molar refractivity (Wildman–Crippen MR) is 372 cm³/mol. The van der Waals surface area contributed by atoms with E-state index in [-0.39, 0.29) is 78.3 Å². The van der Waals surface area contributed by atoms with Crippen molar-refractivity contribution in [3.05, 3.63) is 36.2 Å². The Hall–Kier alpha value is -7.79. The van der Waals surface area contributed by atoms with E-state index >= 15 is 19.2 Å². The second kappa shape index (κ2) is 35.3. The molecular formula is C69H111N13O15S. The van der Waals surface area contributed by atoms with E-state index in [1.54, 1.807) is 53.7 Å². The minimum atomic E-state index is -4.64. The molecule has 98 heavy (non-hydrogen) atoms. The van der Waals surface area contributed by atoms with Crippen LogP contribution in [0.1, 0.15) is 149 Å². The van der Waals surface area contributed by atoms with Crippen LogP contribution in [0.15, 0.2) is 35.2 Å². The van der Waals surface area contributed by atoms with Crippen LogP contribution in [0, 0.1) is 41.4 Å². The van der Waals surface area contributed by atoms with Gasteiger partial charge in [-0.25, -0.2) is 4.98 Å². The second-order valence-electron chi connectivity index (χ2n) is 29.1. The zero-order valence-electron chi connectivity index (χ0n) is 61.5. The van der Waals surface area contributed by atoms with Gasteiger partial charge in [0.1, 0.15) is 71.1 Å². The highest BCUT2D eigenvalue weighted by Gasteiger charge is 2.44. The standard InChI is InChI=1S/C69H111N13O15S/c1-23-46-66(91)77(17)34-54(83)78(18)48(29-35(2)3)62(87)75-55(39(10)11)69(94)79(19)49(30-36(4)5)61(86)70-42(15)60(85)71-43(16)65(90)80(20)50(31-37(6)7)67(92)81(21)51(32-38(8)9)68(93)82(22)58(40(12)13)64(89)76-57(63(88)73-46)59(84)41(14)33-53-72-47-28-27-44-45(56(47)74-53)25-24-26-52(44)98(95,96)97/h24-28,35-43,46,48-51,55,57-59,84H,23,29-34H2,1-22H3,(H,70,86)(H,71,85)(H,72,74)(H,73,88)(H,75,87)(H,76,89)(H,95,96,97)/t41-,42+,43-,46+,48+,49+,50+,51+,55+,57+,58+,59-/m1/s1. The highest BCUT2D eigenvalue weighted by molar-refractivity contribution is 7.86. The quantitative estimate of drug-likeness (QED) is 0.0952. The number of aliphatic hydroxyl groups excluding tert-OH is 1. The summed E-state index contributed by atoms with van der Waals surface area (Å²) in [6.45, 7) is 26.9. The molecule has 0 aliphatic carbocycles. The maximum absolute atomic E-state index is 15.3. The van der Waals surface area contributed by atoms with Crippen LogP contribution < -0.4 is 26.6 Å². The summed E-state index contributed by atoms with van der Waals surface area (Å²) in [7, 11) is 3.71. The summed E-state index contributed by atoms with van der Waals surface area (Å²) in [5, 5.41) is 26.7. The van der Waals surface area contributed by atoms with Crippen molar-refractivity contribution in [2.45, 2.75) is 221 Å². The van der Waals surface area contributed by atoms with E-state index in [4.69, 9.17) is 4.98 Å². The molecule has 29 heteroatoms. The summed E-state index contributed by atoms with van der Waals surface area (Å²) in [4.78, 5) is 176. The van der Waals surface area contributed by atoms with E-state index in [0.29, 0.717) is 16.4 Å². The zero-order chi connectivity index (χ0) is 74.6. The van der Waals surface area contributed by atoms with Gasteiger partial charge in [0.15, 0.2) is 0 Å². The fourth-order valence-corrected chi connectivity index (χ4v) is 13.2. The van der Waals surface area contributed by atoms with Crippen molar-refractivity contribution in [2.24, 2.45) is 41.4 Å². The average Bonchev–Trinajstić information content (AvgIpc) is 1.51. The first-order valence-corrected chi connectivity index (χ1v) is 35.5. The first-order valence-electron chi connectivity index (χ1n) is 34.0. The molecule has 8 N–H and O–H groups in total. The molecule has 1 saturated heterocycles. The van der Waals surface area contributed by atoms with Crippen molar-refractivity contribution >= 4 is 96.9 Å². The van der Waals surface area contributed by atoms with Crippen molar-refractivity contribution in [3.63, 3.8) is 0 Å². The van der Waals surface area contributed by atoms with Gasteiger partial charge in [0.05, 0.1) is 23.7 Å².